The van der Waals surface area contributed by atoms with Gasteiger partial charge in [0.25, 0.3) is 5.91 Å². The van der Waals surface area contributed by atoms with Gasteiger partial charge in [0.05, 0.1) is 18.7 Å². The molecule has 11 nitrogen and oxygen atoms in total. The summed E-state index contributed by atoms with van der Waals surface area (Å²) in [5, 5.41) is 9.40. The van der Waals surface area contributed by atoms with Crippen molar-refractivity contribution in [2.75, 3.05) is 69.0 Å². The van der Waals surface area contributed by atoms with E-state index in [1.165, 1.54) is 6.92 Å². The highest BCUT2D eigenvalue weighted by Crippen LogP contribution is 2.29. The van der Waals surface area contributed by atoms with E-state index < -0.39 is 6.03 Å². The minimum atomic E-state index is -0.406. The normalized spacial score (nSPS) is 13.2. The first-order chi connectivity index (χ1) is 20.8. The Kier molecular flexibility index (Phi) is 9.23. The molecular formula is C32H35N7O4. The van der Waals surface area contributed by atoms with Gasteiger partial charge in [-0.05, 0) is 87.7 Å². The Hall–Kier alpha value is -4.87. The van der Waals surface area contributed by atoms with Crippen LogP contribution < -0.4 is 20.9 Å². The number of urea groups is 1. The number of fused-ring (bicyclic) bond motifs is 1. The second kappa shape index (κ2) is 13.4. The fraction of sp³-hybridized carbons (Fsp3) is 0.281. The van der Waals surface area contributed by atoms with Gasteiger partial charge in [-0.15, -0.1) is 0 Å². The number of ether oxygens (including phenoxy) is 1. The molecule has 0 aliphatic carbocycles. The van der Waals surface area contributed by atoms with E-state index in [2.05, 4.69) is 20.9 Å². The van der Waals surface area contributed by atoms with Crippen molar-refractivity contribution < 1.29 is 19.1 Å². The first kappa shape index (κ1) is 29.6. The van der Waals surface area contributed by atoms with Crippen LogP contribution in [0.4, 0.5) is 22.0 Å². The van der Waals surface area contributed by atoms with E-state index in [0.717, 1.165) is 23.3 Å². The second-order valence-electron chi connectivity index (χ2n) is 10.6. The number of carbonyl (C=O) groups excluding carboxylic acids is 3. The molecule has 0 spiro atoms. The number of Topliss-reactive ketones (excluding diaryl/α,β-unsaturated/α-hetero) is 1. The summed E-state index contributed by atoms with van der Waals surface area (Å²) in [6.07, 6.45) is 0. The molecule has 11 heteroatoms. The monoisotopic (exact) mass is 581 g/mol. The molecule has 5 rings (SSSR count). The maximum atomic E-state index is 12.8. The Morgan fingerprint density at radius 3 is 2.12 bits per heavy atom. The van der Waals surface area contributed by atoms with Crippen molar-refractivity contribution in [3.05, 3.63) is 77.9 Å². The van der Waals surface area contributed by atoms with Crippen LogP contribution >= 0.6 is 0 Å². The minimum Gasteiger partial charge on any atom is -0.378 e. The molecule has 1 saturated heterocycles. The molecule has 0 unspecified atom stereocenters. The number of ketones is 1. The van der Waals surface area contributed by atoms with Crippen LogP contribution in [0.5, 0.6) is 0 Å². The smallest absolute Gasteiger partial charge is 0.323 e. The Balaban J connectivity index is 1.37. The van der Waals surface area contributed by atoms with Crippen molar-refractivity contribution in [2.45, 2.75) is 6.92 Å². The van der Waals surface area contributed by atoms with E-state index in [1.54, 1.807) is 42.5 Å². The molecule has 3 amide bonds. The Morgan fingerprint density at radius 1 is 0.860 bits per heavy atom. The molecule has 4 aromatic rings. The van der Waals surface area contributed by atoms with Gasteiger partial charge in [0.15, 0.2) is 11.6 Å². The van der Waals surface area contributed by atoms with Crippen LogP contribution in [0.3, 0.4) is 0 Å². The molecule has 0 bridgehead atoms. The van der Waals surface area contributed by atoms with E-state index in [0.29, 0.717) is 66.7 Å². The number of nitrogens with one attached hydrogen (secondary N) is 3. The first-order valence-corrected chi connectivity index (χ1v) is 14.1. The average Bonchev–Trinajstić information content (AvgIpc) is 3.01. The summed E-state index contributed by atoms with van der Waals surface area (Å²) in [5.41, 5.74) is 3.71. The lowest BCUT2D eigenvalue weighted by atomic mass is 10.1. The molecule has 1 fully saturated rings. The summed E-state index contributed by atoms with van der Waals surface area (Å²) in [5.74, 6) is 1.12. The third-order valence-electron chi connectivity index (χ3n) is 7.04. The van der Waals surface area contributed by atoms with E-state index in [9.17, 15) is 14.4 Å². The van der Waals surface area contributed by atoms with Crippen molar-refractivity contribution in [3.8, 4) is 11.4 Å². The zero-order chi connectivity index (χ0) is 30.3. The molecule has 0 radical (unpaired) electrons. The molecule has 43 heavy (non-hydrogen) atoms. The lowest BCUT2D eigenvalue weighted by Crippen LogP contribution is -2.37. The topological polar surface area (TPSA) is 129 Å². The van der Waals surface area contributed by atoms with E-state index in [4.69, 9.17) is 14.7 Å². The predicted molar refractivity (Wildman–Crippen MR) is 168 cm³/mol. The van der Waals surface area contributed by atoms with Crippen molar-refractivity contribution >= 4 is 45.8 Å². The number of hydrogen-bond donors (Lipinski definition) is 3. The highest BCUT2D eigenvalue weighted by Gasteiger charge is 2.19. The largest absolute Gasteiger partial charge is 0.378 e. The lowest BCUT2D eigenvalue weighted by molar-refractivity contribution is 0.0950. The molecule has 0 atom stereocenters. The molecule has 1 aromatic heterocycles. The van der Waals surface area contributed by atoms with E-state index in [-0.39, 0.29) is 11.7 Å². The van der Waals surface area contributed by atoms with Crippen LogP contribution in [-0.2, 0) is 4.74 Å². The van der Waals surface area contributed by atoms with Gasteiger partial charge in [-0.25, -0.2) is 14.8 Å². The number of hydrogen-bond acceptors (Lipinski definition) is 8. The van der Waals surface area contributed by atoms with Crippen LogP contribution in [0.25, 0.3) is 22.3 Å². The summed E-state index contributed by atoms with van der Waals surface area (Å²) in [4.78, 5) is 50.8. The van der Waals surface area contributed by atoms with Gasteiger partial charge >= 0.3 is 6.03 Å². The fourth-order valence-electron chi connectivity index (χ4n) is 4.68. The van der Waals surface area contributed by atoms with Gasteiger partial charge in [0.2, 0.25) is 0 Å². The molecule has 1 aliphatic rings. The van der Waals surface area contributed by atoms with E-state index >= 15 is 0 Å². The Bertz CT molecular complexity index is 1620. The quantitative estimate of drug-likeness (QED) is 0.250. The number of morpholine rings is 1. The summed E-state index contributed by atoms with van der Waals surface area (Å²) >= 11 is 0. The number of anilines is 3. The van der Waals surface area contributed by atoms with Gasteiger partial charge < -0.3 is 30.5 Å². The van der Waals surface area contributed by atoms with Crippen molar-refractivity contribution in [3.63, 3.8) is 0 Å². The van der Waals surface area contributed by atoms with Crippen molar-refractivity contribution in [2.24, 2.45) is 0 Å². The van der Waals surface area contributed by atoms with Crippen LogP contribution in [0.15, 0.2) is 66.7 Å². The molecule has 222 valence electrons. The number of rotatable bonds is 9. The van der Waals surface area contributed by atoms with Crippen LogP contribution in [0.1, 0.15) is 27.6 Å². The molecule has 1 aliphatic heterocycles. The van der Waals surface area contributed by atoms with Gasteiger partial charge in [-0.1, -0.05) is 0 Å². The highest BCUT2D eigenvalue weighted by atomic mass is 16.5. The zero-order valence-electron chi connectivity index (χ0n) is 24.5. The first-order valence-electron chi connectivity index (χ1n) is 14.1. The van der Waals surface area contributed by atoms with E-state index in [1.807, 2.05) is 43.3 Å². The summed E-state index contributed by atoms with van der Waals surface area (Å²) in [6.45, 7) is 5.40. The minimum absolute atomic E-state index is 0.0369. The number of amides is 3. The number of likely N-dealkylation sites (N-methyl/N-ethyl adjacent to an activating group) is 1. The Labute approximate surface area is 250 Å². The van der Waals surface area contributed by atoms with Gasteiger partial charge in [-0.3, -0.25) is 9.59 Å². The van der Waals surface area contributed by atoms with Crippen molar-refractivity contribution in [1.82, 2.24) is 20.2 Å². The average molecular weight is 582 g/mol. The van der Waals surface area contributed by atoms with Crippen LogP contribution in [0, 0.1) is 0 Å². The third kappa shape index (κ3) is 7.51. The number of carbonyl (C=O) groups is 3. The van der Waals surface area contributed by atoms with Gasteiger partial charge in [-0.2, -0.15) is 0 Å². The fourth-order valence-corrected chi connectivity index (χ4v) is 4.68. The maximum Gasteiger partial charge on any atom is 0.323 e. The van der Waals surface area contributed by atoms with Gasteiger partial charge in [0, 0.05) is 59.6 Å². The molecule has 0 saturated carbocycles. The predicted octanol–water partition coefficient (Wildman–Crippen LogP) is 4.27. The zero-order valence-corrected chi connectivity index (χ0v) is 24.5. The highest BCUT2D eigenvalue weighted by molar-refractivity contribution is 6.01. The number of aromatic nitrogens is 2. The van der Waals surface area contributed by atoms with Crippen LogP contribution in [0.2, 0.25) is 0 Å². The van der Waals surface area contributed by atoms with Crippen LogP contribution in [-0.4, -0.2) is 86.1 Å². The number of nitrogens with zero attached hydrogens (tertiary/aromatic N) is 4. The van der Waals surface area contributed by atoms with Crippen molar-refractivity contribution in [1.29, 1.82) is 0 Å². The molecule has 3 N–H and O–H groups in total. The molecule has 2 heterocycles. The standard InChI is InChI=1S/C32H35N7O4/c1-21(40)22-4-9-25(10-5-22)34-32(42)35-26-11-6-23(7-12-26)29-36-28-20-24(31(41)33-14-15-38(2)3)8-13-27(28)30(37-29)39-16-18-43-19-17-39/h4-13,20H,14-19H2,1-3H3,(H,33,41)(H2,34,35,42). The molecular weight excluding hydrogens is 546 g/mol. The summed E-state index contributed by atoms with van der Waals surface area (Å²) in [6, 6.07) is 19.1. The number of benzene rings is 3. The lowest BCUT2D eigenvalue weighted by Gasteiger charge is -2.29. The summed E-state index contributed by atoms with van der Waals surface area (Å²) in [7, 11) is 3.92. The van der Waals surface area contributed by atoms with Gasteiger partial charge in [0.1, 0.15) is 5.82 Å². The molecule has 3 aromatic carbocycles. The second-order valence-corrected chi connectivity index (χ2v) is 10.6. The third-order valence-corrected chi connectivity index (χ3v) is 7.04. The maximum absolute atomic E-state index is 12.8. The Morgan fingerprint density at radius 2 is 1.49 bits per heavy atom. The SMILES string of the molecule is CC(=O)c1ccc(NC(=O)Nc2ccc(-c3nc(N4CCOCC4)c4ccc(C(=O)NCCN(C)C)cc4n3)cc2)cc1. The summed E-state index contributed by atoms with van der Waals surface area (Å²) < 4.78 is 5.56.